The maximum absolute atomic E-state index is 13.7. The standard InChI is InChI=1S/C43H45ClF2N6O5S2/c1-6-28(27(3)56-23-29-13-14-48-52(29)25-43(4,45)46)21-34(42(53)54)57-41-38-36(59-49-41)22-47-40(32-24-58-35-10-8-7-9-31(32)35)37(38)30-11-12-33(39(44)26(30)2)55-20-19-51-17-15-50(5)16-18-51/h6-14,22,24,34H,1,15-21,23,25H2,2-5H3,(H,53,54)/b28-27-/t34-/m1/s1. The van der Waals surface area contributed by atoms with Crippen LogP contribution in [0.5, 0.6) is 11.6 Å². The Kier molecular flexibility index (Phi) is 13.0. The van der Waals surface area contributed by atoms with Gasteiger partial charge in [-0.05, 0) is 67.3 Å². The van der Waals surface area contributed by atoms with Crippen molar-refractivity contribution in [3.63, 3.8) is 0 Å². The average molecular weight is 863 g/mol. The second-order valence-electron chi connectivity index (χ2n) is 14.7. The fraction of sp³-hybridized carbons (Fsp3) is 0.349. The molecule has 1 N–H and O–H groups in total. The van der Waals surface area contributed by atoms with Gasteiger partial charge in [0.25, 0.3) is 5.92 Å². The SMILES string of the molecule is C=C/C(C[C@@H](Oc1nsc2cnc(-c3csc4ccccc34)c(-c3ccc(OCCN4CCN(C)CC4)c(Cl)c3C)c12)C(=O)O)=C(\C)OCc1ccnn1CC(C)(F)F. The Morgan fingerprint density at radius 3 is 2.64 bits per heavy atom. The Morgan fingerprint density at radius 2 is 1.90 bits per heavy atom. The Bertz CT molecular complexity index is 2510. The molecule has 0 bridgehead atoms. The largest absolute Gasteiger partial charge is 0.492 e. The van der Waals surface area contributed by atoms with Crippen molar-refractivity contribution in [2.24, 2.45) is 0 Å². The molecule has 16 heteroatoms. The lowest BCUT2D eigenvalue weighted by molar-refractivity contribution is -0.145. The molecule has 6 aromatic rings. The number of carboxylic acids is 1. The van der Waals surface area contributed by atoms with Crippen molar-refractivity contribution in [2.75, 3.05) is 46.4 Å². The summed E-state index contributed by atoms with van der Waals surface area (Å²) in [6.07, 6.45) is 3.14. The van der Waals surface area contributed by atoms with Crippen LogP contribution in [0.15, 0.2) is 84.2 Å². The van der Waals surface area contributed by atoms with Crippen LogP contribution >= 0.6 is 34.5 Å². The molecule has 0 unspecified atom stereocenters. The summed E-state index contributed by atoms with van der Waals surface area (Å²) in [7, 11) is 2.13. The molecule has 5 heterocycles. The summed E-state index contributed by atoms with van der Waals surface area (Å²) < 4.78 is 53.6. The Hall–Kier alpha value is -4.93. The fourth-order valence-electron chi connectivity index (χ4n) is 7.07. The number of fused-ring (bicyclic) bond motifs is 2. The topological polar surface area (TPSA) is 115 Å². The zero-order valence-electron chi connectivity index (χ0n) is 33.2. The molecular weight excluding hydrogens is 818 g/mol. The number of aliphatic carboxylic acids is 1. The molecule has 0 amide bonds. The second kappa shape index (κ2) is 18.1. The molecule has 0 aliphatic carbocycles. The number of hydrogen-bond acceptors (Lipinski definition) is 11. The van der Waals surface area contributed by atoms with Crippen LogP contribution in [-0.2, 0) is 22.7 Å². The monoisotopic (exact) mass is 862 g/mol. The van der Waals surface area contributed by atoms with Crippen LogP contribution in [0, 0.1) is 6.92 Å². The number of likely N-dealkylation sites (N-methyl/N-ethyl adjacent to an activating group) is 1. The maximum atomic E-state index is 13.7. The van der Waals surface area contributed by atoms with Crippen molar-refractivity contribution < 1.29 is 32.9 Å². The fourth-order valence-corrected chi connectivity index (χ4v) is 8.93. The van der Waals surface area contributed by atoms with E-state index in [1.807, 2.05) is 31.2 Å². The highest BCUT2D eigenvalue weighted by atomic mass is 35.5. The quantitative estimate of drug-likeness (QED) is 0.0703. The van der Waals surface area contributed by atoms with E-state index in [-0.39, 0.29) is 18.9 Å². The van der Waals surface area contributed by atoms with E-state index < -0.39 is 24.5 Å². The highest BCUT2D eigenvalue weighted by Crippen LogP contribution is 2.48. The van der Waals surface area contributed by atoms with Crippen molar-refractivity contribution >= 4 is 60.6 Å². The van der Waals surface area contributed by atoms with Crippen LogP contribution in [0.3, 0.4) is 0 Å². The molecule has 1 fully saturated rings. The minimum atomic E-state index is -2.97. The number of nitrogens with zero attached hydrogens (tertiary/aromatic N) is 6. The number of halogens is 3. The Balaban J connectivity index is 1.22. The third-order valence-corrected chi connectivity index (χ3v) is 12.6. The van der Waals surface area contributed by atoms with E-state index in [0.29, 0.717) is 55.7 Å². The van der Waals surface area contributed by atoms with Crippen molar-refractivity contribution in [1.82, 2.24) is 28.9 Å². The first-order chi connectivity index (χ1) is 28.3. The van der Waals surface area contributed by atoms with Crippen molar-refractivity contribution in [1.29, 1.82) is 0 Å². The van der Waals surface area contributed by atoms with Gasteiger partial charge in [-0.1, -0.05) is 48.5 Å². The molecule has 0 radical (unpaired) electrons. The summed E-state index contributed by atoms with van der Waals surface area (Å²) in [6.45, 7) is 12.9. The number of piperazine rings is 1. The number of hydrogen-bond donors (Lipinski definition) is 1. The molecule has 2 aromatic carbocycles. The van der Waals surface area contributed by atoms with Gasteiger partial charge >= 0.3 is 5.97 Å². The number of thiophene rings is 1. The molecule has 7 rings (SSSR count). The second-order valence-corrected chi connectivity index (χ2v) is 16.8. The number of ether oxygens (including phenoxy) is 3. The number of alkyl halides is 2. The molecule has 0 spiro atoms. The first-order valence-electron chi connectivity index (χ1n) is 19.1. The minimum absolute atomic E-state index is 0.0625. The number of allylic oxidation sites excluding steroid dienone is 2. The normalized spacial score (nSPS) is 15.0. The number of rotatable bonds is 17. The van der Waals surface area contributed by atoms with Gasteiger partial charge in [0.05, 0.1) is 32.3 Å². The van der Waals surface area contributed by atoms with Crippen LogP contribution < -0.4 is 9.47 Å². The molecule has 59 heavy (non-hydrogen) atoms. The van der Waals surface area contributed by atoms with E-state index in [9.17, 15) is 18.7 Å². The zero-order chi connectivity index (χ0) is 41.8. The number of benzene rings is 2. The predicted octanol–water partition coefficient (Wildman–Crippen LogP) is 9.58. The number of carbonyl (C=O) groups is 1. The van der Waals surface area contributed by atoms with Gasteiger partial charge in [0.1, 0.15) is 25.5 Å². The highest BCUT2D eigenvalue weighted by Gasteiger charge is 2.29. The lowest BCUT2D eigenvalue weighted by Gasteiger charge is -2.32. The van der Waals surface area contributed by atoms with Gasteiger partial charge in [0.15, 0.2) is 0 Å². The third kappa shape index (κ3) is 9.60. The van der Waals surface area contributed by atoms with Gasteiger partial charge in [-0.15, -0.1) is 11.3 Å². The van der Waals surface area contributed by atoms with Crippen LogP contribution in [0.2, 0.25) is 5.02 Å². The van der Waals surface area contributed by atoms with Gasteiger partial charge in [0, 0.05) is 85.1 Å². The predicted molar refractivity (Wildman–Crippen MR) is 230 cm³/mol. The molecule has 1 aliphatic rings. The summed E-state index contributed by atoms with van der Waals surface area (Å²) in [6, 6.07) is 13.5. The van der Waals surface area contributed by atoms with Crippen molar-refractivity contribution in [3.05, 3.63) is 101 Å². The molecule has 0 saturated carbocycles. The lowest BCUT2D eigenvalue weighted by atomic mass is 9.93. The molecule has 11 nitrogen and oxygen atoms in total. The number of aromatic nitrogens is 4. The summed E-state index contributed by atoms with van der Waals surface area (Å²) in [5, 5.41) is 18.7. The maximum Gasteiger partial charge on any atom is 0.345 e. The summed E-state index contributed by atoms with van der Waals surface area (Å²) in [4.78, 5) is 22.6. The zero-order valence-corrected chi connectivity index (χ0v) is 35.6. The summed E-state index contributed by atoms with van der Waals surface area (Å²) >= 11 is 9.86. The molecule has 310 valence electrons. The lowest BCUT2D eigenvalue weighted by Crippen LogP contribution is -2.45. The van der Waals surface area contributed by atoms with E-state index in [0.717, 1.165) is 78.0 Å². The van der Waals surface area contributed by atoms with Gasteiger partial charge in [-0.3, -0.25) is 14.6 Å². The van der Waals surface area contributed by atoms with Crippen LogP contribution in [0.1, 0.15) is 31.5 Å². The summed E-state index contributed by atoms with van der Waals surface area (Å²) in [5.74, 6) is -3.12. The van der Waals surface area contributed by atoms with Gasteiger partial charge in [-0.2, -0.15) is 9.47 Å². The smallest absolute Gasteiger partial charge is 0.345 e. The van der Waals surface area contributed by atoms with Crippen molar-refractivity contribution in [3.8, 4) is 34.0 Å². The Labute approximate surface area is 354 Å². The molecule has 1 saturated heterocycles. The first kappa shape index (κ1) is 42.2. The van der Waals surface area contributed by atoms with Gasteiger partial charge in [-0.25, -0.2) is 13.6 Å². The van der Waals surface area contributed by atoms with E-state index >= 15 is 0 Å². The van der Waals surface area contributed by atoms with Crippen LogP contribution in [0.4, 0.5) is 8.78 Å². The number of pyridine rings is 1. The number of carboxylic acid groups (broad SMARTS) is 1. The first-order valence-corrected chi connectivity index (χ1v) is 21.2. The van der Waals surface area contributed by atoms with E-state index in [1.165, 1.54) is 17.0 Å². The minimum Gasteiger partial charge on any atom is -0.492 e. The average Bonchev–Trinajstić information content (AvgIpc) is 3.95. The molecule has 4 aromatic heterocycles. The van der Waals surface area contributed by atoms with Crippen LogP contribution in [0.25, 0.3) is 42.6 Å². The van der Waals surface area contributed by atoms with Gasteiger partial charge in [0.2, 0.25) is 12.0 Å². The Morgan fingerprint density at radius 1 is 1.12 bits per heavy atom. The highest BCUT2D eigenvalue weighted by molar-refractivity contribution is 7.17. The van der Waals surface area contributed by atoms with E-state index in [2.05, 4.69) is 50.4 Å². The summed E-state index contributed by atoms with van der Waals surface area (Å²) in [5.41, 5.74) is 4.72. The van der Waals surface area contributed by atoms with Crippen LogP contribution in [-0.4, -0.2) is 98.4 Å². The molecule has 1 aliphatic heterocycles. The van der Waals surface area contributed by atoms with E-state index in [4.69, 9.17) is 30.8 Å². The third-order valence-electron chi connectivity index (χ3n) is 10.4. The van der Waals surface area contributed by atoms with E-state index in [1.54, 1.807) is 30.5 Å². The molecule has 1 atom stereocenters. The van der Waals surface area contributed by atoms with Gasteiger partial charge < -0.3 is 24.2 Å². The van der Waals surface area contributed by atoms with Crippen molar-refractivity contribution in [2.45, 2.75) is 52.4 Å². The molecular formula is C43H45ClF2N6O5S2.